The molecule has 2 heterocycles. The summed E-state index contributed by atoms with van der Waals surface area (Å²) >= 11 is 0. The number of hydrogen-bond acceptors (Lipinski definition) is 2. The van der Waals surface area contributed by atoms with E-state index in [0.717, 1.165) is 17.7 Å². The molecule has 0 amide bonds. The second-order valence-corrected chi connectivity index (χ2v) is 6.09. The van der Waals surface area contributed by atoms with Crippen molar-refractivity contribution in [1.82, 2.24) is 9.38 Å². The van der Waals surface area contributed by atoms with Gasteiger partial charge in [-0.3, -0.25) is 0 Å². The predicted molar refractivity (Wildman–Crippen MR) is 95.4 cm³/mol. The van der Waals surface area contributed by atoms with E-state index in [2.05, 4.69) is 36.2 Å². The summed E-state index contributed by atoms with van der Waals surface area (Å²) in [4.78, 5) is 15.8. The SMILES string of the molecule is CCCCCCc1ccc(-c2cn3cccc(C(=O)O)c3n2)cc1. The zero-order valence-electron chi connectivity index (χ0n) is 13.9. The molecule has 0 aliphatic rings. The first-order valence-electron chi connectivity index (χ1n) is 8.49. The normalized spacial score (nSPS) is 11.0. The van der Waals surface area contributed by atoms with Crippen LogP contribution in [0.5, 0.6) is 0 Å². The van der Waals surface area contributed by atoms with Gasteiger partial charge in [0.25, 0.3) is 0 Å². The molecule has 0 saturated carbocycles. The first-order chi connectivity index (χ1) is 11.7. The van der Waals surface area contributed by atoms with E-state index in [1.165, 1.54) is 31.2 Å². The van der Waals surface area contributed by atoms with Crippen molar-refractivity contribution in [2.75, 3.05) is 0 Å². The lowest BCUT2D eigenvalue weighted by molar-refractivity contribution is 0.0698. The quantitative estimate of drug-likeness (QED) is 0.634. The molecule has 3 aromatic rings. The molecule has 1 aromatic carbocycles. The summed E-state index contributed by atoms with van der Waals surface area (Å²) in [6.45, 7) is 2.22. The third kappa shape index (κ3) is 3.48. The van der Waals surface area contributed by atoms with E-state index in [0.29, 0.717) is 5.65 Å². The van der Waals surface area contributed by atoms with Gasteiger partial charge in [-0.1, -0.05) is 50.5 Å². The van der Waals surface area contributed by atoms with E-state index in [1.54, 1.807) is 16.5 Å². The van der Waals surface area contributed by atoms with Gasteiger partial charge in [0.15, 0.2) is 5.65 Å². The third-order valence-electron chi connectivity index (χ3n) is 4.28. The van der Waals surface area contributed by atoms with Crippen molar-refractivity contribution in [3.63, 3.8) is 0 Å². The maximum Gasteiger partial charge on any atom is 0.339 e. The van der Waals surface area contributed by atoms with Crippen LogP contribution in [0.25, 0.3) is 16.9 Å². The molecule has 4 nitrogen and oxygen atoms in total. The van der Waals surface area contributed by atoms with Crippen LogP contribution >= 0.6 is 0 Å². The van der Waals surface area contributed by atoms with Crippen LogP contribution in [0.3, 0.4) is 0 Å². The van der Waals surface area contributed by atoms with Gasteiger partial charge >= 0.3 is 5.97 Å². The summed E-state index contributed by atoms with van der Waals surface area (Å²) in [7, 11) is 0. The van der Waals surface area contributed by atoms with Gasteiger partial charge in [-0.25, -0.2) is 9.78 Å². The van der Waals surface area contributed by atoms with Crippen molar-refractivity contribution >= 4 is 11.6 Å². The molecule has 0 fully saturated rings. The fourth-order valence-electron chi connectivity index (χ4n) is 2.92. The fraction of sp³-hybridized carbons (Fsp3) is 0.300. The van der Waals surface area contributed by atoms with E-state index in [-0.39, 0.29) is 5.56 Å². The molecule has 3 rings (SSSR count). The molecule has 0 bridgehead atoms. The van der Waals surface area contributed by atoms with Crippen LogP contribution in [-0.4, -0.2) is 20.5 Å². The molecular weight excluding hydrogens is 300 g/mol. The van der Waals surface area contributed by atoms with Crippen molar-refractivity contribution < 1.29 is 9.90 Å². The Morgan fingerprint density at radius 3 is 2.62 bits per heavy atom. The lowest BCUT2D eigenvalue weighted by Gasteiger charge is -2.02. The number of hydrogen-bond donors (Lipinski definition) is 1. The Morgan fingerprint density at radius 2 is 1.92 bits per heavy atom. The van der Waals surface area contributed by atoms with Crippen molar-refractivity contribution in [3.05, 3.63) is 59.9 Å². The average Bonchev–Trinajstić information content (AvgIpc) is 3.03. The van der Waals surface area contributed by atoms with Crippen LogP contribution in [-0.2, 0) is 6.42 Å². The molecule has 4 heteroatoms. The topological polar surface area (TPSA) is 54.6 Å². The fourth-order valence-corrected chi connectivity index (χ4v) is 2.92. The molecule has 0 atom stereocenters. The second-order valence-electron chi connectivity index (χ2n) is 6.09. The Kier molecular flexibility index (Phi) is 4.94. The number of aromatic nitrogens is 2. The number of aryl methyl sites for hydroxylation is 1. The van der Waals surface area contributed by atoms with E-state index in [9.17, 15) is 9.90 Å². The number of nitrogens with zero attached hydrogens (tertiary/aromatic N) is 2. The number of imidazole rings is 1. The summed E-state index contributed by atoms with van der Waals surface area (Å²) in [6.07, 6.45) is 9.86. The van der Waals surface area contributed by atoms with E-state index in [4.69, 9.17) is 0 Å². The molecule has 0 aliphatic carbocycles. The molecule has 0 saturated heterocycles. The minimum Gasteiger partial charge on any atom is -0.478 e. The van der Waals surface area contributed by atoms with Crippen molar-refractivity contribution in [2.45, 2.75) is 39.0 Å². The predicted octanol–water partition coefficient (Wildman–Crippen LogP) is 4.82. The maximum atomic E-state index is 11.3. The highest BCUT2D eigenvalue weighted by atomic mass is 16.4. The van der Waals surface area contributed by atoms with Gasteiger partial charge in [0, 0.05) is 18.0 Å². The standard InChI is InChI=1S/C20H22N2O2/c1-2-3-4-5-7-15-9-11-16(12-10-15)18-14-22-13-6-8-17(20(23)24)19(22)21-18/h6,8-14H,2-5,7H2,1H3,(H,23,24). The van der Waals surface area contributed by atoms with Crippen LogP contribution in [0.2, 0.25) is 0 Å². The van der Waals surface area contributed by atoms with Gasteiger partial charge in [0.2, 0.25) is 0 Å². The van der Waals surface area contributed by atoms with Crippen LogP contribution in [0.1, 0.15) is 48.5 Å². The highest BCUT2D eigenvalue weighted by Crippen LogP contribution is 2.22. The minimum atomic E-state index is -0.958. The summed E-state index contributed by atoms with van der Waals surface area (Å²) in [5.74, 6) is -0.958. The third-order valence-corrected chi connectivity index (χ3v) is 4.28. The monoisotopic (exact) mass is 322 g/mol. The van der Waals surface area contributed by atoms with Gasteiger partial charge in [0.05, 0.1) is 5.69 Å². The summed E-state index contributed by atoms with van der Waals surface area (Å²) in [6, 6.07) is 11.7. The number of aromatic carboxylic acids is 1. The largest absolute Gasteiger partial charge is 0.478 e. The lowest BCUT2D eigenvalue weighted by Crippen LogP contribution is -1.99. The number of fused-ring (bicyclic) bond motifs is 1. The number of benzene rings is 1. The molecule has 0 aliphatic heterocycles. The van der Waals surface area contributed by atoms with Crippen LogP contribution in [0, 0.1) is 0 Å². The van der Waals surface area contributed by atoms with E-state index >= 15 is 0 Å². The number of unbranched alkanes of at least 4 members (excludes halogenated alkanes) is 3. The molecule has 124 valence electrons. The van der Waals surface area contributed by atoms with Gasteiger partial charge in [0.1, 0.15) is 5.56 Å². The Balaban J connectivity index is 1.80. The van der Waals surface area contributed by atoms with Gasteiger partial charge in [-0.15, -0.1) is 0 Å². The number of rotatable bonds is 7. The first kappa shape index (κ1) is 16.2. The van der Waals surface area contributed by atoms with Crippen LogP contribution < -0.4 is 0 Å². The Hall–Kier alpha value is -2.62. The number of carboxylic acids is 1. The number of carboxylic acid groups (broad SMARTS) is 1. The van der Waals surface area contributed by atoms with Gasteiger partial charge < -0.3 is 9.51 Å². The minimum absolute atomic E-state index is 0.219. The van der Waals surface area contributed by atoms with Crippen molar-refractivity contribution in [1.29, 1.82) is 0 Å². The Morgan fingerprint density at radius 1 is 1.12 bits per heavy atom. The van der Waals surface area contributed by atoms with Gasteiger partial charge in [-0.05, 0) is 30.5 Å². The zero-order valence-corrected chi connectivity index (χ0v) is 13.9. The highest BCUT2D eigenvalue weighted by molar-refractivity contribution is 5.94. The molecule has 0 radical (unpaired) electrons. The zero-order chi connectivity index (χ0) is 16.9. The van der Waals surface area contributed by atoms with Gasteiger partial charge in [-0.2, -0.15) is 0 Å². The Labute approximate surface area is 141 Å². The molecule has 0 unspecified atom stereocenters. The summed E-state index contributed by atoms with van der Waals surface area (Å²) < 4.78 is 1.76. The average molecular weight is 322 g/mol. The first-order valence-corrected chi connectivity index (χ1v) is 8.49. The second kappa shape index (κ2) is 7.30. The number of carbonyl (C=O) groups is 1. The number of pyridine rings is 1. The smallest absolute Gasteiger partial charge is 0.339 e. The van der Waals surface area contributed by atoms with Crippen molar-refractivity contribution in [2.24, 2.45) is 0 Å². The van der Waals surface area contributed by atoms with Crippen LogP contribution in [0.15, 0.2) is 48.8 Å². The maximum absolute atomic E-state index is 11.3. The molecule has 24 heavy (non-hydrogen) atoms. The lowest BCUT2D eigenvalue weighted by atomic mass is 10.0. The molecular formula is C20H22N2O2. The molecule has 0 spiro atoms. The Bertz CT molecular complexity index is 834. The summed E-state index contributed by atoms with van der Waals surface area (Å²) in [5.41, 5.74) is 3.83. The highest BCUT2D eigenvalue weighted by Gasteiger charge is 2.12. The van der Waals surface area contributed by atoms with Crippen LogP contribution in [0.4, 0.5) is 0 Å². The molecule has 2 aromatic heterocycles. The summed E-state index contributed by atoms with van der Waals surface area (Å²) in [5, 5.41) is 9.27. The molecule has 1 N–H and O–H groups in total. The van der Waals surface area contributed by atoms with E-state index in [1.807, 2.05) is 12.4 Å². The van der Waals surface area contributed by atoms with Crippen molar-refractivity contribution in [3.8, 4) is 11.3 Å². The van der Waals surface area contributed by atoms with E-state index < -0.39 is 5.97 Å².